The Labute approximate surface area is 167 Å². The molecule has 28 heavy (non-hydrogen) atoms. The van der Waals surface area contributed by atoms with Crippen LogP contribution in [0.2, 0.25) is 0 Å². The second-order valence-corrected chi connectivity index (χ2v) is 8.40. The van der Waals surface area contributed by atoms with Gasteiger partial charge in [0.2, 0.25) is 5.91 Å². The van der Waals surface area contributed by atoms with Crippen LogP contribution in [-0.4, -0.2) is 58.8 Å². The monoisotopic (exact) mass is 388 g/mol. The lowest BCUT2D eigenvalue weighted by Gasteiger charge is -2.53. The van der Waals surface area contributed by atoms with Gasteiger partial charge in [0, 0.05) is 32.2 Å². The highest BCUT2D eigenvalue weighted by Gasteiger charge is 2.53. The van der Waals surface area contributed by atoms with Gasteiger partial charge in [-0.05, 0) is 50.3 Å². The van der Waals surface area contributed by atoms with Crippen molar-refractivity contribution < 1.29 is 19.4 Å². The molecule has 2 saturated heterocycles. The van der Waals surface area contributed by atoms with Gasteiger partial charge in [0.1, 0.15) is 6.10 Å². The lowest BCUT2D eigenvalue weighted by atomic mass is 9.73. The molecule has 0 bridgehead atoms. The van der Waals surface area contributed by atoms with Crippen molar-refractivity contribution in [3.63, 3.8) is 0 Å². The van der Waals surface area contributed by atoms with E-state index in [1.807, 2.05) is 36.1 Å². The molecule has 0 aliphatic carbocycles. The number of ether oxygens (including phenoxy) is 1. The van der Waals surface area contributed by atoms with E-state index in [-0.39, 0.29) is 11.8 Å². The summed E-state index contributed by atoms with van der Waals surface area (Å²) in [5.74, 6) is -0.134. The van der Waals surface area contributed by atoms with Crippen molar-refractivity contribution >= 4 is 11.8 Å². The molecule has 2 aliphatic rings. The molecule has 0 radical (unpaired) electrons. The lowest BCUT2D eigenvalue weighted by molar-refractivity contribution is -0.205. The summed E-state index contributed by atoms with van der Waals surface area (Å²) < 4.78 is 6.03. The van der Waals surface area contributed by atoms with Crippen LogP contribution < -0.4 is 5.32 Å². The minimum Gasteiger partial charge on any atom is -0.388 e. The van der Waals surface area contributed by atoms with Crippen LogP contribution in [0.25, 0.3) is 0 Å². The predicted molar refractivity (Wildman–Crippen MR) is 107 cm³/mol. The number of aliphatic hydroxyl groups is 1. The fourth-order valence-corrected chi connectivity index (χ4v) is 4.59. The molecular weight excluding hydrogens is 356 g/mol. The molecule has 2 fully saturated rings. The number of hydrogen-bond acceptors (Lipinski definition) is 4. The Hall–Kier alpha value is -1.92. The Kier molecular flexibility index (Phi) is 6.10. The van der Waals surface area contributed by atoms with E-state index in [4.69, 9.17) is 4.74 Å². The molecule has 2 amide bonds. The Balaban J connectivity index is 1.66. The number of benzene rings is 1. The minimum absolute atomic E-state index is 0.0211. The molecule has 3 rings (SSSR count). The van der Waals surface area contributed by atoms with Crippen LogP contribution in [0.15, 0.2) is 24.3 Å². The molecule has 1 aromatic rings. The van der Waals surface area contributed by atoms with Crippen LogP contribution in [0, 0.1) is 0 Å². The molecular formula is C22H32N2O4. The predicted octanol–water partition coefficient (Wildman–Crippen LogP) is 2.29. The third kappa shape index (κ3) is 4.08. The molecule has 0 aromatic heterocycles. The van der Waals surface area contributed by atoms with Crippen LogP contribution in [0.4, 0.5) is 0 Å². The SMILES string of the molecule is CCCc1ccc(C(=O)N2CCC3(CC2)OCC[C@@](C)(NC(C)=O)[C@@H]3O)cc1. The quantitative estimate of drug-likeness (QED) is 0.830. The first-order chi connectivity index (χ1) is 13.3. The Bertz CT molecular complexity index is 710. The summed E-state index contributed by atoms with van der Waals surface area (Å²) in [5.41, 5.74) is 0.527. The molecule has 0 unspecified atom stereocenters. The van der Waals surface area contributed by atoms with Gasteiger partial charge in [0.05, 0.1) is 11.1 Å². The van der Waals surface area contributed by atoms with Gasteiger partial charge in [-0.25, -0.2) is 0 Å². The number of hydrogen-bond donors (Lipinski definition) is 2. The highest BCUT2D eigenvalue weighted by Crippen LogP contribution is 2.40. The van der Waals surface area contributed by atoms with E-state index in [1.165, 1.54) is 12.5 Å². The Morgan fingerprint density at radius 3 is 2.43 bits per heavy atom. The smallest absolute Gasteiger partial charge is 0.253 e. The van der Waals surface area contributed by atoms with Gasteiger partial charge in [0.15, 0.2) is 0 Å². The van der Waals surface area contributed by atoms with E-state index in [2.05, 4.69) is 12.2 Å². The molecule has 1 spiro atoms. The Morgan fingerprint density at radius 1 is 1.21 bits per heavy atom. The number of rotatable bonds is 4. The van der Waals surface area contributed by atoms with Gasteiger partial charge >= 0.3 is 0 Å². The molecule has 0 saturated carbocycles. The highest BCUT2D eigenvalue weighted by molar-refractivity contribution is 5.94. The highest BCUT2D eigenvalue weighted by atomic mass is 16.5. The van der Waals surface area contributed by atoms with E-state index in [0.29, 0.717) is 44.5 Å². The number of nitrogens with zero attached hydrogens (tertiary/aromatic N) is 1. The molecule has 154 valence electrons. The van der Waals surface area contributed by atoms with Crippen molar-refractivity contribution in [2.24, 2.45) is 0 Å². The maximum absolute atomic E-state index is 12.9. The summed E-state index contributed by atoms with van der Waals surface area (Å²) in [5, 5.41) is 13.9. The number of aliphatic hydroxyl groups excluding tert-OH is 1. The average Bonchev–Trinajstić information content (AvgIpc) is 2.67. The van der Waals surface area contributed by atoms with Crippen LogP contribution in [0.1, 0.15) is 62.4 Å². The number of likely N-dealkylation sites (tertiary alicyclic amines) is 1. The van der Waals surface area contributed by atoms with Gasteiger partial charge in [-0.3, -0.25) is 9.59 Å². The fourth-order valence-electron chi connectivity index (χ4n) is 4.59. The first-order valence-electron chi connectivity index (χ1n) is 10.3. The van der Waals surface area contributed by atoms with Gasteiger partial charge < -0.3 is 20.1 Å². The molecule has 6 nitrogen and oxygen atoms in total. The molecule has 6 heteroatoms. The van der Waals surface area contributed by atoms with E-state index >= 15 is 0 Å². The van der Waals surface area contributed by atoms with Crippen molar-refractivity contribution in [1.82, 2.24) is 10.2 Å². The molecule has 2 heterocycles. The largest absolute Gasteiger partial charge is 0.388 e. The van der Waals surface area contributed by atoms with E-state index in [9.17, 15) is 14.7 Å². The third-order valence-corrected chi connectivity index (χ3v) is 6.21. The van der Waals surface area contributed by atoms with Crippen LogP contribution >= 0.6 is 0 Å². The van der Waals surface area contributed by atoms with E-state index in [1.54, 1.807) is 0 Å². The molecule has 2 atom stereocenters. The van der Waals surface area contributed by atoms with Crippen molar-refractivity contribution in [3.8, 4) is 0 Å². The Morgan fingerprint density at radius 2 is 1.86 bits per heavy atom. The summed E-state index contributed by atoms with van der Waals surface area (Å²) in [6.45, 7) is 7.03. The third-order valence-electron chi connectivity index (χ3n) is 6.21. The number of carbonyl (C=O) groups is 2. The van der Waals surface area contributed by atoms with Crippen molar-refractivity contribution in [2.45, 2.75) is 70.1 Å². The van der Waals surface area contributed by atoms with Crippen molar-refractivity contribution in [1.29, 1.82) is 0 Å². The van der Waals surface area contributed by atoms with Gasteiger partial charge in [-0.15, -0.1) is 0 Å². The lowest BCUT2D eigenvalue weighted by Crippen LogP contribution is -2.69. The second kappa shape index (κ2) is 8.21. The summed E-state index contributed by atoms with van der Waals surface area (Å²) in [7, 11) is 0. The number of nitrogens with one attached hydrogen (secondary N) is 1. The van der Waals surface area contributed by atoms with Crippen molar-refractivity contribution in [3.05, 3.63) is 35.4 Å². The average molecular weight is 389 g/mol. The number of aryl methyl sites for hydroxylation is 1. The number of carbonyl (C=O) groups excluding carboxylic acids is 2. The van der Waals surface area contributed by atoms with Crippen LogP contribution in [-0.2, 0) is 16.0 Å². The topological polar surface area (TPSA) is 78.9 Å². The summed E-state index contributed by atoms with van der Waals surface area (Å²) in [6, 6.07) is 7.85. The fraction of sp³-hybridized carbons (Fsp3) is 0.636. The molecule has 2 aliphatic heterocycles. The second-order valence-electron chi connectivity index (χ2n) is 8.40. The summed E-state index contributed by atoms with van der Waals surface area (Å²) in [6.07, 6.45) is 2.99. The van der Waals surface area contributed by atoms with Crippen LogP contribution in [0.3, 0.4) is 0 Å². The zero-order chi connectivity index (χ0) is 20.4. The van der Waals surface area contributed by atoms with Crippen LogP contribution in [0.5, 0.6) is 0 Å². The zero-order valence-electron chi connectivity index (χ0n) is 17.2. The minimum atomic E-state index is -0.803. The van der Waals surface area contributed by atoms with E-state index in [0.717, 1.165) is 12.8 Å². The number of amides is 2. The van der Waals surface area contributed by atoms with Gasteiger partial charge in [0.25, 0.3) is 5.91 Å². The first-order valence-corrected chi connectivity index (χ1v) is 10.3. The normalized spacial score (nSPS) is 26.9. The molecule has 1 aromatic carbocycles. The van der Waals surface area contributed by atoms with Gasteiger partial charge in [-0.2, -0.15) is 0 Å². The van der Waals surface area contributed by atoms with Crippen molar-refractivity contribution in [2.75, 3.05) is 19.7 Å². The maximum atomic E-state index is 12.9. The van der Waals surface area contributed by atoms with E-state index < -0.39 is 17.2 Å². The molecule has 2 N–H and O–H groups in total. The standard InChI is InChI=1S/C22H32N2O4/c1-4-5-17-6-8-18(9-7-17)19(26)24-13-10-22(11-14-24)20(27)21(3,12-15-28-22)23-16(2)25/h6-9,20,27H,4-5,10-15H2,1-3H3,(H,23,25)/t20-,21+/m0/s1. The number of piperidine rings is 1. The summed E-state index contributed by atoms with van der Waals surface area (Å²) >= 11 is 0. The van der Waals surface area contributed by atoms with Gasteiger partial charge in [-0.1, -0.05) is 25.5 Å². The zero-order valence-corrected chi connectivity index (χ0v) is 17.2. The summed E-state index contributed by atoms with van der Waals surface area (Å²) in [4.78, 5) is 26.3. The maximum Gasteiger partial charge on any atom is 0.253 e. The first kappa shape index (κ1) is 20.8.